The Morgan fingerprint density at radius 3 is 0.778 bits per heavy atom. The Hall–Kier alpha value is 0.524. The van der Waals surface area contributed by atoms with E-state index in [9.17, 15) is 0 Å². The zero-order chi connectivity index (χ0) is 14.9. The van der Waals surface area contributed by atoms with Crippen molar-refractivity contribution in [2.45, 2.75) is 0 Å². The Kier molecular flexibility index (Phi) is 6.50. The molecule has 0 N–H and O–H groups in total. The van der Waals surface area contributed by atoms with Gasteiger partial charge in [-0.3, -0.25) is 0 Å². The molecule has 0 amide bonds. The monoisotopic (exact) mass is 311 g/mol. The molecule has 0 aliphatic heterocycles. The Morgan fingerprint density at radius 1 is 0.500 bits per heavy atom. The second kappa shape index (κ2) is 6.32. The smallest absolute Gasteiger partial charge is 0.305 e. The number of nitrogens with zero attached hydrogens (tertiary/aromatic N) is 5. The minimum atomic E-state index is -2.32. The number of hydrogen-bond donors (Lipinski definition) is 0. The first-order valence-electron chi connectivity index (χ1n) is 6.03. The average Bonchev–Trinajstić information content (AvgIpc) is 2.15. The summed E-state index contributed by atoms with van der Waals surface area (Å²) in [5.74, 6) is 0. The lowest BCUT2D eigenvalue weighted by atomic mass is 11.2. The van der Waals surface area contributed by atoms with Crippen molar-refractivity contribution in [1.29, 1.82) is 0 Å². The van der Waals surface area contributed by atoms with Crippen LogP contribution in [0.2, 0.25) is 0 Å². The van der Waals surface area contributed by atoms with Crippen LogP contribution in [-0.2, 0) is 0 Å². The molecule has 0 saturated heterocycles. The van der Waals surface area contributed by atoms with Crippen molar-refractivity contribution in [1.82, 2.24) is 22.8 Å². The molecule has 0 aliphatic rings. The maximum Gasteiger partial charge on any atom is 0.343 e. The summed E-state index contributed by atoms with van der Waals surface area (Å²) in [5.41, 5.74) is 0. The van der Waals surface area contributed by atoms with E-state index in [4.69, 9.17) is 11.1 Å². The number of hydrogen-bond acceptors (Lipinski definition) is 5. The summed E-state index contributed by atoms with van der Waals surface area (Å²) in [6.07, 6.45) is 0. The zero-order valence-corrected chi connectivity index (χ0v) is 16.4. The van der Waals surface area contributed by atoms with E-state index in [1.807, 2.05) is 0 Å². The maximum atomic E-state index is 7.24. The minimum Gasteiger partial charge on any atom is -0.305 e. The third-order valence-electron chi connectivity index (χ3n) is 3.48. The summed E-state index contributed by atoms with van der Waals surface area (Å²) in [5, 5.41) is 0. The van der Waals surface area contributed by atoms with Crippen LogP contribution in [0.3, 0.4) is 0 Å². The van der Waals surface area contributed by atoms with E-state index in [0.717, 1.165) is 0 Å². The SMILES string of the molecule is CN(C)[Si](Cl)(N(C)C)[Si](N(C)C)(N(C)C)N(C)C. The van der Waals surface area contributed by atoms with Crippen molar-refractivity contribution in [3.05, 3.63) is 0 Å². The summed E-state index contributed by atoms with van der Waals surface area (Å²) in [6, 6.07) is 0. The summed E-state index contributed by atoms with van der Waals surface area (Å²) in [6.45, 7) is 0. The molecular weight excluding hydrogens is 282 g/mol. The van der Waals surface area contributed by atoms with E-state index < -0.39 is 15.3 Å². The third kappa shape index (κ3) is 2.55. The first-order chi connectivity index (χ1) is 7.97. The second-order valence-corrected chi connectivity index (χ2v) is 19.2. The predicted molar refractivity (Wildman–Crippen MR) is 85.8 cm³/mol. The van der Waals surface area contributed by atoms with Crippen molar-refractivity contribution >= 4 is 26.4 Å². The van der Waals surface area contributed by atoms with E-state index in [0.29, 0.717) is 0 Å². The van der Waals surface area contributed by atoms with Crippen molar-refractivity contribution in [2.75, 3.05) is 70.5 Å². The molecule has 0 bridgehead atoms. The summed E-state index contributed by atoms with van der Waals surface area (Å²) < 4.78 is 11.5. The van der Waals surface area contributed by atoms with Gasteiger partial charge in [0.05, 0.1) is 0 Å². The average molecular weight is 312 g/mol. The van der Waals surface area contributed by atoms with Crippen LogP contribution in [-0.4, -0.2) is 109 Å². The first kappa shape index (κ1) is 18.5. The standard InChI is InChI=1S/C10H30ClN5Si2/c1-12(2)17(11,13(3)4)18(14(5)6,15(7)8)16(9)10/h1-10H3. The normalized spacial score (nSPS) is 14.7. The van der Waals surface area contributed by atoms with Gasteiger partial charge >= 0.3 is 15.3 Å². The molecule has 0 atom stereocenters. The van der Waals surface area contributed by atoms with Gasteiger partial charge < -0.3 is 22.8 Å². The molecule has 0 rings (SSSR count). The highest BCUT2D eigenvalue weighted by molar-refractivity contribution is 7.55. The molecule has 18 heavy (non-hydrogen) atoms. The zero-order valence-electron chi connectivity index (χ0n) is 13.6. The van der Waals surface area contributed by atoms with Crippen molar-refractivity contribution in [3.8, 4) is 0 Å². The Balaban J connectivity index is 6.12. The molecule has 0 fully saturated rings. The van der Waals surface area contributed by atoms with Gasteiger partial charge in [-0.15, -0.1) is 11.1 Å². The van der Waals surface area contributed by atoms with Gasteiger partial charge in [0.15, 0.2) is 0 Å². The number of rotatable bonds is 6. The van der Waals surface area contributed by atoms with Crippen LogP contribution < -0.4 is 0 Å². The van der Waals surface area contributed by atoms with Crippen LogP contribution in [0.15, 0.2) is 0 Å². The van der Waals surface area contributed by atoms with Crippen molar-refractivity contribution in [3.63, 3.8) is 0 Å². The quantitative estimate of drug-likeness (QED) is 0.505. The van der Waals surface area contributed by atoms with E-state index in [-0.39, 0.29) is 0 Å². The van der Waals surface area contributed by atoms with Crippen LogP contribution in [0.5, 0.6) is 0 Å². The van der Waals surface area contributed by atoms with Gasteiger partial charge in [-0.2, -0.15) is 0 Å². The second-order valence-electron chi connectivity index (χ2n) is 5.69. The molecule has 0 aromatic rings. The molecule has 110 valence electrons. The molecule has 0 radical (unpaired) electrons. The fourth-order valence-electron chi connectivity index (χ4n) is 3.05. The lowest BCUT2D eigenvalue weighted by molar-refractivity contribution is 0.380. The van der Waals surface area contributed by atoms with E-state index in [2.05, 4.69) is 93.3 Å². The molecule has 0 heterocycles. The summed E-state index contributed by atoms with van der Waals surface area (Å²) in [4.78, 5) is 0. The highest BCUT2D eigenvalue weighted by Gasteiger charge is 2.66. The molecule has 8 heteroatoms. The molecule has 0 unspecified atom stereocenters. The highest BCUT2D eigenvalue weighted by Crippen LogP contribution is 2.31. The van der Waals surface area contributed by atoms with Crippen LogP contribution in [0.4, 0.5) is 0 Å². The van der Waals surface area contributed by atoms with Gasteiger partial charge in [0.2, 0.25) is 0 Å². The molecular formula is C10H30ClN5Si2. The molecule has 0 aromatic heterocycles. The topological polar surface area (TPSA) is 16.2 Å². The van der Waals surface area contributed by atoms with Crippen LogP contribution in [0.25, 0.3) is 0 Å². The molecule has 0 saturated carbocycles. The summed E-state index contributed by atoms with van der Waals surface area (Å²) in [7, 11) is 16.8. The fourth-order valence-corrected chi connectivity index (χ4v) is 22.4. The number of halogens is 1. The third-order valence-corrected chi connectivity index (χ3v) is 24.0. The van der Waals surface area contributed by atoms with Gasteiger partial charge in [0.1, 0.15) is 0 Å². The van der Waals surface area contributed by atoms with Crippen molar-refractivity contribution in [2.24, 2.45) is 0 Å². The Morgan fingerprint density at radius 2 is 0.722 bits per heavy atom. The largest absolute Gasteiger partial charge is 0.343 e. The highest BCUT2D eigenvalue weighted by atomic mass is 35.6. The maximum absolute atomic E-state index is 7.24. The molecule has 0 aromatic carbocycles. The van der Waals surface area contributed by atoms with E-state index in [1.54, 1.807) is 0 Å². The lowest BCUT2D eigenvalue weighted by Gasteiger charge is -2.57. The Labute approximate surface area is 120 Å². The van der Waals surface area contributed by atoms with Gasteiger partial charge in [-0.25, -0.2) is 0 Å². The predicted octanol–water partition coefficient (Wildman–Crippen LogP) is -0.0106. The van der Waals surface area contributed by atoms with Crippen LogP contribution in [0, 0.1) is 0 Å². The Bertz CT molecular complexity index is 241. The lowest BCUT2D eigenvalue weighted by Crippen LogP contribution is -2.89. The molecule has 0 spiro atoms. The van der Waals surface area contributed by atoms with Crippen LogP contribution in [0.1, 0.15) is 0 Å². The van der Waals surface area contributed by atoms with Gasteiger partial charge in [0.25, 0.3) is 0 Å². The van der Waals surface area contributed by atoms with E-state index >= 15 is 0 Å². The van der Waals surface area contributed by atoms with Gasteiger partial charge in [0, 0.05) is 0 Å². The van der Waals surface area contributed by atoms with Crippen LogP contribution >= 0.6 is 11.1 Å². The van der Waals surface area contributed by atoms with E-state index in [1.165, 1.54) is 0 Å². The van der Waals surface area contributed by atoms with Crippen molar-refractivity contribution < 1.29 is 0 Å². The fraction of sp³-hybridized carbons (Fsp3) is 1.00. The first-order valence-corrected chi connectivity index (χ1v) is 11.8. The van der Waals surface area contributed by atoms with Gasteiger partial charge in [-0.1, -0.05) is 0 Å². The molecule has 5 nitrogen and oxygen atoms in total. The summed E-state index contributed by atoms with van der Waals surface area (Å²) >= 11 is 7.24. The molecule has 0 aliphatic carbocycles. The van der Waals surface area contributed by atoms with Gasteiger partial charge in [-0.05, 0) is 70.5 Å². The minimum absolute atomic E-state index is 2.09.